The number of aromatic nitrogens is 3. The molecule has 2 aromatic heterocycles. The number of H-pyrrole nitrogens is 1. The van der Waals surface area contributed by atoms with Gasteiger partial charge in [0.15, 0.2) is 5.82 Å². The second kappa shape index (κ2) is 5.00. The maximum absolute atomic E-state index is 10.6. The molecule has 0 aliphatic rings. The predicted molar refractivity (Wildman–Crippen MR) is 75.5 cm³/mol. The van der Waals surface area contributed by atoms with Gasteiger partial charge in [-0.15, -0.1) is 0 Å². The average molecular weight is 268 g/mol. The number of fused-ring (bicyclic) bond motifs is 1. The summed E-state index contributed by atoms with van der Waals surface area (Å²) < 4.78 is 0. The van der Waals surface area contributed by atoms with Crippen LogP contribution in [0.4, 0.5) is 5.82 Å². The van der Waals surface area contributed by atoms with E-state index in [-0.39, 0.29) is 6.54 Å². The van der Waals surface area contributed by atoms with Crippen LogP contribution >= 0.6 is 0 Å². The number of carboxylic acids is 1. The molecule has 100 valence electrons. The van der Waals surface area contributed by atoms with Crippen molar-refractivity contribution in [2.75, 3.05) is 11.9 Å². The van der Waals surface area contributed by atoms with Gasteiger partial charge in [0.1, 0.15) is 12.4 Å². The van der Waals surface area contributed by atoms with Gasteiger partial charge in [0.05, 0.1) is 0 Å². The number of rotatable bonds is 4. The van der Waals surface area contributed by atoms with Gasteiger partial charge in [-0.25, -0.2) is 9.97 Å². The summed E-state index contributed by atoms with van der Waals surface area (Å²) in [4.78, 5) is 22.3. The summed E-state index contributed by atoms with van der Waals surface area (Å²) in [5.74, 6) is 0.109. The fourth-order valence-electron chi connectivity index (χ4n) is 2.01. The largest absolute Gasteiger partial charge is 0.480 e. The van der Waals surface area contributed by atoms with Gasteiger partial charge in [0.2, 0.25) is 0 Å². The van der Waals surface area contributed by atoms with Crippen molar-refractivity contribution in [3.63, 3.8) is 0 Å². The lowest BCUT2D eigenvalue weighted by Crippen LogP contribution is -2.13. The van der Waals surface area contributed by atoms with E-state index in [9.17, 15) is 4.79 Å². The number of para-hydroxylation sites is 1. The number of nitrogens with one attached hydrogen (secondary N) is 2. The molecule has 0 atom stereocenters. The van der Waals surface area contributed by atoms with Gasteiger partial charge in [-0.1, -0.05) is 18.2 Å². The number of hydrogen-bond acceptors (Lipinski definition) is 4. The predicted octanol–water partition coefficient (Wildman–Crippen LogP) is 2.12. The molecule has 6 nitrogen and oxygen atoms in total. The molecule has 0 fully saturated rings. The SMILES string of the molecule is O=C(O)CNc1ccnc(-c2c[nH]c3ccccc23)n1. The molecule has 1 aromatic carbocycles. The number of hydrogen-bond donors (Lipinski definition) is 3. The van der Waals surface area contributed by atoms with E-state index in [1.807, 2.05) is 30.5 Å². The van der Waals surface area contributed by atoms with E-state index in [2.05, 4.69) is 20.3 Å². The van der Waals surface area contributed by atoms with Gasteiger partial charge in [-0.05, 0) is 12.1 Å². The Labute approximate surface area is 114 Å². The van der Waals surface area contributed by atoms with Crippen LogP contribution in [0.5, 0.6) is 0 Å². The van der Waals surface area contributed by atoms with Crippen LogP contribution in [0.2, 0.25) is 0 Å². The molecule has 0 aliphatic heterocycles. The number of benzene rings is 1. The second-order valence-corrected chi connectivity index (χ2v) is 4.26. The van der Waals surface area contributed by atoms with Gasteiger partial charge in [-0.2, -0.15) is 0 Å². The van der Waals surface area contributed by atoms with E-state index in [0.717, 1.165) is 16.5 Å². The van der Waals surface area contributed by atoms with Gasteiger partial charge < -0.3 is 15.4 Å². The monoisotopic (exact) mass is 268 g/mol. The van der Waals surface area contributed by atoms with Gasteiger partial charge >= 0.3 is 5.97 Å². The molecule has 2 heterocycles. The highest BCUT2D eigenvalue weighted by Gasteiger charge is 2.09. The molecule has 3 rings (SSSR count). The van der Waals surface area contributed by atoms with E-state index in [1.165, 1.54) is 0 Å². The van der Waals surface area contributed by atoms with E-state index in [1.54, 1.807) is 12.3 Å². The molecule has 0 bridgehead atoms. The molecule has 20 heavy (non-hydrogen) atoms. The molecule has 3 N–H and O–H groups in total. The van der Waals surface area contributed by atoms with Crippen LogP contribution in [-0.4, -0.2) is 32.6 Å². The third-order valence-corrected chi connectivity index (χ3v) is 2.91. The van der Waals surface area contributed by atoms with Crippen LogP contribution in [0, 0.1) is 0 Å². The lowest BCUT2D eigenvalue weighted by atomic mass is 10.1. The highest BCUT2D eigenvalue weighted by molar-refractivity contribution is 5.93. The van der Waals surface area contributed by atoms with Crippen LogP contribution in [0.15, 0.2) is 42.7 Å². The zero-order valence-electron chi connectivity index (χ0n) is 10.5. The van der Waals surface area contributed by atoms with Crippen molar-refractivity contribution < 1.29 is 9.90 Å². The minimum Gasteiger partial charge on any atom is -0.480 e. The van der Waals surface area contributed by atoms with E-state index < -0.39 is 5.97 Å². The Morgan fingerprint density at radius 1 is 1.30 bits per heavy atom. The standard InChI is InChI=1S/C14H12N4O2/c19-13(20)8-17-12-5-6-15-14(18-12)10-7-16-11-4-2-1-3-9(10)11/h1-7,16H,8H2,(H,19,20)(H,15,17,18). The number of aliphatic carboxylic acids is 1. The van der Waals surface area contributed by atoms with Crippen molar-refractivity contribution in [3.05, 3.63) is 42.7 Å². The Kier molecular flexibility index (Phi) is 3.04. The molecule has 0 saturated heterocycles. The van der Waals surface area contributed by atoms with Gasteiger partial charge in [-0.3, -0.25) is 4.79 Å². The summed E-state index contributed by atoms with van der Waals surface area (Å²) >= 11 is 0. The van der Waals surface area contributed by atoms with Gasteiger partial charge in [0, 0.05) is 28.9 Å². The van der Waals surface area contributed by atoms with Crippen molar-refractivity contribution in [1.29, 1.82) is 0 Å². The van der Waals surface area contributed by atoms with Crippen molar-refractivity contribution >= 4 is 22.7 Å². The third kappa shape index (κ3) is 2.31. The van der Waals surface area contributed by atoms with Crippen LogP contribution in [0.25, 0.3) is 22.3 Å². The van der Waals surface area contributed by atoms with Crippen LogP contribution in [0.3, 0.4) is 0 Å². The Hall–Kier alpha value is -2.89. The lowest BCUT2D eigenvalue weighted by molar-refractivity contribution is -0.134. The fourth-order valence-corrected chi connectivity index (χ4v) is 2.01. The third-order valence-electron chi connectivity index (χ3n) is 2.91. The van der Waals surface area contributed by atoms with E-state index >= 15 is 0 Å². The summed E-state index contributed by atoms with van der Waals surface area (Å²) in [5.41, 5.74) is 1.90. The zero-order valence-corrected chi connectivity index (χ0v) is 10.5. The first-order valence-electron chi connectivity index (χ1n) is 6.09. The van der Waals surface area contributed by atoms with Crippen LogP contribution in [0.1, 0.15) is 0 Å². The van der Waals surface area contributed by atoms with E-state index in [0.29, 0.717) is 11.6 Å². The molecule has 0 radical (unpaired) electrons. The van der Waals surface area contributed by atoms with Gasteiger partial charge in [0.25, 0.3) is 0 Å². The van der Waals surface area contributed by atoms with Crippen molar-refractivity contribution in [2.24, 2.45) is 0 Å². The molecule has 0 saturated carbocycles. The normalized spacial score (nSPS) is 10.6. The maximum Gasteiger partial charge on any atom is 0.322 e. The number of aromatic amines is 1. The van der Waals surface area contributed by atoms with Crippen molar-refractivity contribution in [3.8, 4) is 11.4 Å². The number of carbonyl (C=O) groups is 1. The number of anilines is 1. The lowest BCUT2D eigenvalue weighted by Gasteiger charge is -2.04. The Balaban J connectivity index is 1.97. The van der Waals surface area contributed by atoms with Crippen molar-refractivity contribution in [2.45, 2.75) is 0 Å². The summed E-state index contributed by atoms with van der Waals surface area (Å²) in [6, 6.07) is 9.51. The Morgan fingerprint density at radius 3 is 3.00 bits per heavy atom. The maximum atomic E-state index is 10.6. The summed E-state index contributed by atoms with van der Waals surface area (Å²) in [6.07, 6.45) is 3.45. The quantitative estimate of drug-likeness (QED) is 0.674. The fraction of sp³-hybridized carbons (Fsp3) is 0.0714. The smallest absolute Gasteiger partial charge is 0.322 e. The first-order valence-corrected chi connectivity index (χ1v) is 6.09. The second-order valence-electron chi connectivity index (χ2n) is 4.26. The molecular weight excluding hydrogens is 256 g/mol. The van der Waals surface area contributed by atoms with Crippen LogP contribution in [-0.2, 0) is 4.79 Å². The Bertz CT molecular complexity index is 766. The average Bonchev–Trinajstić information content (AvgIpc) is 2.89. The molecule has 0 spiro atoms. The van der Waals surface area contributed by atoms with E-state index in [4.69, 9.17) is 5.11 Å². The highest BCUT2D eigenvalue weighted by Crippen LogP contribution is 2.26. The number of carboxylic acid groups (broad SMARTS) is 1. The summed E-state index contributed by atoms with van der Waals surface area (Å²) in [7, 11) is 0. The van der Waals surface area contributed by atoms with Crippen LogP contribution < -0.4 is 5.32 Å². The molecular formula is C14H12N4O2. The minimum atomic E-state index is -0.933. The molecule has 0 amide bonds. The summed E-state index contributed by atoms with van der Waals surface area (Å²) in [5, 5.41) is 12.4. The molecule has 0 aliphatic carbocycles. The number of nitrogens with zero attached hydrogens (tertiary/aromatic N) is 2. The summed E-state index contributed by atoms with van der Waals surface area (Å²) in [6.45, 7) is -0.176. The molecule has 0 unspecified atom stereocenters. The topological polar surface area (TPSA) is 90.9 Å². The molecule has 3 aromatic rings. The van der Waals surface area contributed by atoms with Crippen molar-refractivity contribution in [1.82, 2.24) is 15.0 Å². The molecule has 6 heteroatoms. The zero-order chi connectivity index (χ0) is 13.9. The first kappa shape index (κ1) is 12.2. The highest BCUT2D eigenvalue weighted by atomic mass is 16.4. The first-order chi connectivity index (χ1) is 9.74. The minimum absolute atomic E-state index is 0.176. The Morgan fingerprint density at radius 2 is 2.15 bits per heavy atom.